The molecular weight excluding hydrogens is 412 g/mol. The minimum absolute atomic E-state index is 0.0538. The number of sulfone groups is 1. The van der Waals surface area contributed by atoms with Gasteiger partial charge in [-0.1, -0.05) is 30.9 Å². The number of alkyl carbamates (subject to hydrolysis) is 1. The Morgan fingerprint density at radius 1 is 1.38 bits per heavy atom. The average molecular weight is 431 g/mol. The van der Waals surface area contributed by atoms with Crippen LogP contribution in [0.3, 0.4) is 0 Å². The van der Waals surface area contributed by atoms with E-state index in [0.29, 0.717) is 4.90 Å². The first-order valence-electron chi connectivity index (χ1n) is 8.04. The molecule has 0 bridgehead atoms. The van der Waals surface area contributed by atoms with Crippen LogP contribution in [0.5, 0.6) is 5.75 Å². The highest BCUT2D eigenvalue weighted by Crippen LogP contribution is 2.23. The Morgan fingerprint density at radius 2 is 2.03 bits per heavy atom. The summed E-state index contributed by atoms with van der Waals surface area (Å²) in [6.07, 6.45) is 1.67. The van der Waals surface area contributed by atoms with Crippen molar-refractivity contribution in [2.75, 3.05) is 19.4 Å². The second kappa shape index (κ2) is 11.0. The monoisotopic (exact) mass is 431 g/mol. The van der Waals surface area contributed by atoms with Gasteiger partial charge in [0.15, 0.2) is 16.0 Å². The summed E-state index contributed by atoms with van der Waals surface area (Å²) < 4.78 is 59.1. The highest BCUT2D eigenvalue weighted by atomic mass is 32.2. The fourth-order valence-corrected chi connectivity index (χ4v) is 3.72. The Labute approximate surface area is 166 Å². The van der Waals surface area contributed by atoms with E-state index in [9.17, 15) is 26.8 Å². The average Bonchev–Trinajstić information content (AvgIpc) is 2.65. The number of halogens is 2. The van der Waals surface area contributed by atoms with E-state index in [4.69, 9.17) is 5.26 Å². The molecule has 1 atom stereocenters. The molecule has 0 unspecified atom stereocenters. The lowest BCUT2D eigenvalue weighted by Crippen LogP contribution is -2.50. The molecule has 0 fully saturated rings. The number of amides is 2. The van der Waals surface area contributed by atoms with Crippen molar-refractivity contribution in [3.63, 3.8) is 0 Å². The minimum atomic E-state index is -4.12. The number of carbonyl (C=O) groups excluding carboxylic acids is 2. The summed E-state index contributed by atoms with van der Waals surface area (Å²) in [5, 5.41) is 10.9. The fourth-order valence-electron chi connectivity index (χ4n) is 2.16. The molecule has 0 aliphatic carbocycles. The van der Waals surface area contributed by atoms with Gasteiger partial charge in [-0.3, -0.25) is 9.69 Å². The van der Waals surface area contributed by atoms with Crippen molar-refractivity contribution < 1.29 is 36.3 Å². The molecule has 0 saturated heterocycles. The maximum absolute atomic E-state index is 12.6. The number of alkyl halides is 2. The van der Waals surface area contributed by atoms with Gasteiger partial charge >= 0.3 is 12.7 Å². The van der Waals surface area contributed by atoms with Crippen LogP contribution in [0.1, 0.15) is 5.56 Å². The number of nitriles is 1. The second-order valence-corrected chi connectivity index (χ2v) is 7.73. The van der Waals surface area contributed by atoms with E-state index in [1.54, 1.807) is 0 Å². The summed E-state index contributed by atoms with van der Waals surface area (Å²) in [6.45, 7) is -0.00353. The number of rotatable bonds is 10. The van der Waals surface area contributed by atoms with Crippen LogP contribution in [0.15, 0.2) is 36.9 Å². The van der Waals surface area contributed by atoms with Gasteiger partial charge in [-0.05, 0) is 6.07 Å². The van der Waals surface area contributed by atoms with Crippen LogP contribution in [0.2, 0.25) is 0 Å². The van der Waals surface area contributed by atoms with Gasteiger partial charge < -0.3 is 14.8 Å². The minimum Gasteiger partial charge on any atom is -0.445 e. The molecule has 29 heavy (non-hydrogen) atoms. The van der Waals surface area contributed by atoms with Crippen LogP contribution in [-0.4, -0.2) is 57.4 Å². The zero-order valence-electron chi connectivity index (χ0n) is 15.4. The third-order valence-electron chi connectivity index (χ3n) is 3.39. The van der Waals surface area contributed by atoms with Crippen LogP contribution < -0.4 is 10.1 Å². The molecular formula is C17H19F2N3O6S. The quantitative estimate of drug-likeness (QED) is 0.337. The normalized spacial score (nSPS) is 11.8. The lowest BCUT2D eigenvalue weighted by Gasteiger charge is -2.20. The van der Waals surface area contributed by atoms with Gasteiger partial charge in [-0.2, -0.15) is 14.0 Å². The van der Waals surface area contributed by atoms with Crippen molar-refractivity contribution in [1.29, 1.82) is 5.26 Å². The first-order valence-corrected chi connectivity index (χ1v) is 9.86. The molecule has 0 radical (unpaired) electrons. The van der Waals surface area contributed by atoms with Crippen LogP contribution in [0, 0.1) is 11.5 Å². The van der Waals surface area contributed by atoms with E-state index < -0.39 is 46.0 Å². The molecule has 0 aromatic heterocycles. The number of hydrogen-bond acceptors (Lipinski definition) is 7. The Hall–Kier alpha value is -3.20. The standard InChI is InChI=1S/C17H19F2N3O6S/c1-3-8-27-17(24)21-13(15(23)22(2)11-20)10-29(25,26)9-12-6-4-5-7-14(12)28-16(18)19/h3-7,13,16H,1,8-10H2,2H3,(H,21,24)/t13-/m0/s1. The summed E-state index contributed by atoms with van der Waals surface area (Å²) in [4.78, 5) is 24.5. The predicted octanol–water partition coefficient (Wildman–Crippen LogP) is 1.42. The molecule has 9 nitrogen and oxygen atoms in total. The first-order chi connectivity index (χ1) is 13.6. The SMILES string of the molecule is C=CCOC(=O)N[C@@H](CS(=O)(=O)Cc1ccccc1OC(F)F)C(=O)N(C)C#N. The third kappa shape index (κ3) is 8.14. The molecule has 158 valence electrons. The molecule has 1 aromatic carbocycles. The van der Waals surface area contributed by atoms with Crippen molar-refractivity contribution in [2.24, 2.45) is 0 Å². The van der Waals surface area contributed by atoms with E-state index in [1.807, 2.05) is 0 Å². The summed E-state index contributed by atoms with van der Waals surface area (Å²) in [7, 11) is -3.03. The van der Waals surface area contributed by atoms with Crippen LogP contribution >= 0.6 is 0 Å². The molecule has 0 heterocycles. The maximum Gasteiger partial charge on any atom is 0.408 e. The van der Waals surface area contributed by atoms with E-state index in [-0.39, 0.29) is 17.9 Å². The van der Waals surface area contributed by atoms with Crippen molar-refractivity contribution in [3.05, 3.63) is 42.5 Å². The molecule has 1 aromatic rings. The topological polar surface area (TPSA) is 126 Å². The predicted molar refractivity (Wildman–Crippen MR) is 97.4 cm³/mol. The van der Waals surface area contributed by atoms with Gasteiger partial charge in [0.25, 0.3) is 5.91 Å². The molecule has 0 spiro atoms. The van der Waals surface area contributed by atoms with Gasteiger partial charge in [0.2, 0.25) is 0 Å². The van der Waals surface area contributed by atoms with Gasteiger partial charge in [0, 0.05) is 12.6 Å². The lowest BCUT2D eigenvalue weighted by molar-refractivity contribution is -0.128. The Kier molecular flexibility index (Phi) is 9.01. The maximum atomic E-state index is 12.6. The molecule has 0 aliphatic heterocycles. The molecule has 0 aliphatic rings. The highest BCUT2D eigenvalue weighted by molar-refractivity contribution is 7.90. The van der Waals surface area contributed by atoms with Gasteiger partial charge in [-0.15, -0.1) is 0 Å². The van der Waals surface area contributed by atoms with Crippen LogP contribution in [0.4, 0.5) is 13.6 Å². The number of nitrogens with zero attached hydrogens (tertiary/aromatic N) is 2. The summed E-state index contributed by atoms with van der Waals surface area (Å²) in [5.74, 6) is -2.96. The number of para-hydroxylation sites is 1. The van der Waals surface area contributed by atoms with Gasteiger partial charge in [-0.25, -0.2) is 13.2 Å². The largest absolute Gasteiger partial charge is 0.445 e. The lowest BCUT2D eigenvalue weighted by atomic mass is 10.2. The zero-order chi connectivity index (χ0) is 22.0. The van der Waals surface area contributed by atoms with Crippen LogP contribution in [-0.2, 0) is 25.1 Å². The van der Waals surface area contributed by atoms with Crippen LogP contribution in [0.25, 0.3) is 0 Å². The fraction of sp³-hybridized carbons (Fsp3) is 0.353. The Bertz CT molecular complexity index is 885. The third-order valence-corrected chi connectivity index (χ3v) is 4.98. The van der Waals surface area contributed by atoms with E-state index in [1.165, 1.54) is 36.5 Å². The summed E-state index contributed by atoms with van der Waals surface area (Å²) >= 11 is 0. The smallest absolute Gasteiger partial charge is 0.408 e. The van der Waals surface area contributed by atoms with E-state index in [0.717, 1.165) is 7.05 Å². The molecule has 0 saturated carbocycles. The van der Waals surface area contributed by atoms with E-state index in [2.05, 4.69) is 21.4 Å². The highest BCUT2D eigenvalue weighted by Gasteiger charge is 2.31. The summed E-state index contributed by atoms with van der Waals surface area (Å²) in [6, 6.07) is 3.64. The number of carbonyl (C=O) groups is 2. The van der Waals surface area contributed by atoms with E-state index >= 15 is 0 Å². The van der Waals surface area contributed by atoms with Gasteiger partial charge in [0.1, 0.15) is 18.4 Å². The first kappa shape index (κ1) is 23.8. The number of likely N-dealkylation sites (N-methyl/N-ethyl adjacent to an activating group) is 1. The number of benzene rings is 1. The van der Waals surface area contributed by atoms with Crippen molar-refractivity contribution in [3.8, 4) is 11.9 Å². The van der Waals surface area contributed by atoms with Crippen molar-refractivity contribution in [1.82, 2.24) is 10.2 Å². The molecule has 12 heteroatoms. The van der Waals surface area contributed by atoms with Gasteiger partial charge in [0.05, 0.1) is 11.5 Å². The van der Waals surface area contributed by atoms with Crippen molar-refractivity contribution in [2.45, 2.75) is 18.4 Å². The second-order valence-electron chi connectivity index (χ2n) is 5.62. The Balaban J connectivity index is 3.04. The molecule has 2 amide bonds. The number of hydrogen-bond donors (Lipinski definition) is 1. The zero-order valence-corrected chi connectivity index (χ0v) is 16.2. The summed E-state index contributed by atoms with van der Waals surface area (Å²) in [5.41, 5.74) is -0.0538. The Morgan fingerprint density at radius 3 is 2.62 bits per heavy atom. The number of nitrogens with one attached hydrogen (secondary N) is 1. The number of ether oxygens (including phenoxy) is 2. The van der Waals surface area contributed by atoms with Crippen molar-refractivity contribution >= 4 is 21.8 Å². The molecule has 1 N–H and O–H groups in total. The molecule has 1 rings (SSSR count).